The van der Waals surface area contributed by atoms with Crippen LogP contribution in [0.1, 0.15) is 13.3 Å². The first-order chi connectivity index (χ1) is 5.68. The average molecular weight is 234 g/mol. The van der Waals surface area contributed by atoms with Gasteiger partial charge >= 0.3 is 0 Å². The fourth-order valence-corrected chi connectivity index (χ4v) is 0.940. The smallest absolute Gasteiger partial charge is 0.269 e. The normalized spacial score (nSPS) is 12.5. The summed E-state index contributed by atoms with van der Waals surface area (Å²) in [6, 6.07) is 0. The lowest BCUT2D eigenvalue weighted by molar-refractivity contribution is -0.116. The number of hydrogen-bond donors (Lipinski definition) is 2. The molecule has 0 fully saturated rings. The van der Waals surface area contributed by atoms with Gasteiger partial charge in [-0.2, -0.15) is 5.21 Å². The van der Waals surface area contributed by atoms with Crippen molar-refractivity contribution in [2.75, 3.05) is 5.32 Å². The Balaban J connectivity index is 2.37. The highest BCUT2D eigenvalue weighted by molar-refractivity contribution is 9.09. The van der Waals surface area contributed by atoms with Crippen molar-refractivity contribution in [2.24, 2.45) is 0 Å². The van der Waals surface area contributed by atoms with E-state index in [1.165, 1.54) is 0 Å². The number of H-pyrrole nitrogens is 1. The molecular weight excluding hydrogens is 226 g/mol. The number of anilines is 1. The van der Waals surface area contributed by atoms with E-state index in [4.69, 9.17) is 0 Å². The Labute approximate surface area is 77.2 Å². The molecule has 0 saturated carbocycles. The van der Waals surface area contributed by atoms with E-state index in [1.54, 1.807) is 0 Å². The molecule has 0 saturated heterocycles. The molecular formula is C5H8BrN5O. The molecule has 0 radical (unpaired) electrons. The number of tetrazole rings is 1. The highest BCUT2D eigenvalue weighted by atomic mass is 79.9. The van der Waals surface area contributed by atoms with Gasteiger partial charge in [0.2, 0.25) is 5.91 Å². The van der Waals surface area contributed by atoms with E-state index in [0.717, 1.165) is 0 Å². The SMILES string of the molecule is C[C@H](Br)CC(=O)Nc1nn[nH]n1. The van der Waals surface area contributed by atoms with Crippen LogP contribution in [0.25, 0.3) is 0 Å². The summed E-state index contributed by atoms with van der Waals surface area (Å²) in [5.41, 5.74) is 0. The molecule has 1 aromatic rings. The highest BCUT2D eigenvalue weighted by Crippen LogP contribution is 2.04. The second-order valence-electron chi connectivity index (χ2n) is 2.27. The van der Waals surface area contributed by atoms with Crippen molar-refractivity contribution < 1.29 is 4.79 Å². The fourth-order valence-electron chi connectivity index (χ4n) is 0.646. The summed E-state index contributed by atoms with van der Waals surface area (Å²) in [4.78, 5) is 11.2. The number of aromatic amines is 1. The number of nitrogens with zero attached hydrogens (tertiary/aromatic N) is 3. The molecule has 2 N–H and O–H groups in total. The van der Waals surface area contributed by atoms with Crippen molar-refractivity contribution in [3.05, 3.63) is 0 Å². The number of halogens is 1. The van der Waals surface area contributed by atoms with Crippen LogP contribution < -0.4 is 5.32 Å². The van der Waals surface area contributed by atoms with Gasteiger partial charge in [0, 0.05) is 11.2 Å². The number of nitrogens with one attached hydrogen (secondary N) is 2. The predicted octanol–water partition coefficient (Wildman–Crippen LogP) is 0.312. The van der Waals surface area contributed by atoms with Gasteiger partial charge in [0.05, 0.1) is 0 Å². The molecule has 7 heteroatoms. The second kappa shape index (κ2) is 4.15. The molecule has 0 aliphatic carbocycles. The summed E-state index contributed by atoms with van der Waals surface area (Å²) >= 11 is 3.25. The molecule has 0 bridgehead atoms. The summed E-state index contributed by atoms with van der Waals surface area (Å²) in [5.74, 6) is 0.0638. The van der Waals surface area contributed by atoms with Gasteiger partial charge in [-0.1, -0.05) is 28.0 Å². The van der Waals surface area contributed by atoms with Crippen molar-refractivity contribution in [1.82, 2.24) is 20.6 Å². The highest BCUT2D eigenvalue weighted by Gasteiger charge is 2.07. The van der Waals surface area contributed by atoms with Crippen LogP contribution in [0, 0.1) is 0 Å². The maximum absolute atomic E-state index is 11.1. The van der Waals surface area contributed by atoms with Crippen molar-refractivity contribution in [1.29, 1.82) is 0 Å². The molecule has 12 heavy (non-hydrogen) atoms. The zero-order valence-corrected chi connectivity index (χ0v) is 8.00. The Morgan fingerprint density at radius 3 is 3.08 bits per heavy atom. The van der Waals surface area contributed by atoms with Crippen molar-refractivity contribution >= 4 is 27.8 Å². The first-order valence-corrected chi connectivity index (χ1v) is 4.27. The van der Waals surface area contributed by atoms with E-state index < -0.39 is 0 Å². The Kier molecular flexibility index (Phi) is 3.15. The van der Waals surface area contributed by atoms with Crippen LogP contribution in [0.3, 0.4) is 0 Å². The molecule has 0 aliphatic heterocycles. The van der Waals surface area contributed by atoms with Crippen LogP contribution in [-0.4, -0.2) is 31.4 Å². The van der Waals surface area contributed by atoms with E-state index in [2.05, 4.69) is 41.9 Å². The number of alkyl halides is 1. The first-order valence-electron chi connectivity index (χ1n) is 3.36. The quantitative estimate of drug-likeness (QED) is 0.737. The molecule has 1 heterocycles. The molecule has 0 aliphatic rings. The van der Waals surface area contributed by atoms with Crippen LogP contribution in [0.2, 0.25) is 0 Å². The first kappa shape index (κ1) is 9.11. The van der Waals surface area contributed by atoms with E-state index in [9.17, 15) is 4.79 Å². The Bertz CT molecular complexity index is 246. The van der Waals surface area contributed by atoms with E-state index >= 15 is 0 Å². The molecule has 0 aromatic carbocycles. The molecule has 6 nitrogen and oxygen atoms in total. The average Bonchev–Trinajstić information content (AvgIpc) is 2.37. The topological polar surface area (TPSA) is 83.6 Å². The fraction of sp³-hybridized carbons (Fsp3) is 0.600. The maximum Gasteiger partial charge on any atom is 0.269 e. The number of rotatable bonds is 3. The minimum atomic E-state index is -0.138. The van der Waals surface area contributed by atoms with Crippen LogP contribution in [-0.2, 0) is 4.79 Å². The predicted molar refractivity (Wildman–Crippen MR) is 45.8 cm³/mol. The largest absolute Gasteiger partial charge is 0.292 e. The van der Waals surface area contributed by atoms with Crippen molar-refractivity contribution in [2.45, 2.75) is 18.2 Å². The molecule has 1 amide bonds. The third-order valence-electron chi connectivity index (χ3n) is 1.06. The molecule has 66 valence electrons. The van der Waals surface area contributed by atoms with Gasteiger partial charge in [-0.15, -0.1) is 5.10 Å². The van der Waals surface area contributed by atoms with Crippen LogP contribution in [0.5, 0.6) is 0 Å². The van der Waals surface area contributed by atoms with E-state index in [0.29, 0.717) is 6.42 Å². The Morgan fingerprint density at radius 2 is 2.58 bits per heavy atom. The zero-order chi connectivity index (χ0) is 8.97. The third-order valence-corrected chi connectivity index (χ3v) is 1.39. The summed E-state index contributed by atoms with van der Waals surface area (Å²) in [6.07, 6.45) is 0.383. The summed E-state index contributed by atoms with van der Waals surface area (Å²) in [6.45, 7) is 1.88. The van der Waals surface area contributed by atoms with Crippen LogP contribution in [0.15, 0.2) is 0 Å². The van der Waals surface area contributed by atoms with Gasteiger partial charge in [0.15, 0.2) is 0 Å². The minimum absolute atomic E-state index is 0.138. The third kappa shape index (κ3) is 2.95. The lowest BCUT2D eigenvalue weighted by Crippen LogP contribution is -2.15. The van der Waals surface area contributed by atoms with E-state index in [-0.39, 0.29) is 16.7 Å². The van der Waals surface area contributed by atoms with Gasteiger partial charge in [-0.05, 0) is 5.21 Å². The van der Waals surface area contributed by atoms with Crippen LogP contribution >= 0.6 is 15.9 Å². The second-order valence-corrected chi connectivity index (χ2v) is 3.83. The maximum atomic E-state index is 11.1. The van der Waals surface area contributed by atoms with Crippen LogP contribution in [0.4, 0.5) is 5.95 Å². The number of carbonyl (C=O) groups is 1. The lowest BCUT2D eigenvalue weighted by Gasteiger charge is -2.00. The lowest BCUT2D eigenvalue weighted by atomic mass is 10.3. The van der Waals surface area contributed by atoms with Crippen molar-refractivity contribution in [3.8, 4) is 0 Å². The van der Waals surface area contributed by atoms with E-state index in [1.807, 2.05) is 6.92 Å². The van der Waals surface area contributed by atoms with Gasteiger partial charge in [-0.25, -0.2) is 0 Å². The summed E-state index contributed by atoms with van der Waals surface area (Å²) in [5, 5.41) is 15.1. The summed E-state index contributed by atoms with van der Waals surface area (Å²) < 4.78 is 0. The molecule has 1 aromatic heterocycles. The monoisotopic (exact) mass is 233 g/mol. The van der Waals surface area contributed by atoms with Gasteiger partial charge < -0.3 is 0 Å². The minimum Gasteiger partial charge on any atom is -0.292 e. The number of carbonyl (C=O) groups excluding carboxylic acids is 1. The number of hydrogen-bond acceptors (Lipinski definition) is 4. The molecule has 0 spiro atoms. The van der Waals surface area contributed by atoms with Crippen molar-refractivity contribution in [3.63, 3.8) is 0 Å². The van der Waals surface area contributed by atoms with Gasteiger partial charge in [0.1, 0.15) is 0 Å². The summed E-state index contributed by atoms with van der Waals surface area (Å²) in [7, 11) is 0. The molecule has 1 atom stereocenters. The number of aromatic nitrogens is 4. The standard InChI is InChI=1S/C5H8BrN5O/c1-3(6)2-4(12)7-5-8-10-11-9-5/h3H,2H2,1H3,(H2,7,8,9,10,11,12)/t3-/m0/s1. The molecule has 1 rings (SSSR count). The van der Waals surface area contributed by atoms with Gasteiger partial charge in [-0.3, -0.25) is 10.1 Å². The van der Waals surface area contributed by atoms with Gasteiger partial charge in [0.25, 0.3) is 5.95 Å². The molecule has 0 unspecified atom stereocenters. The Hall–Kier alpha value is -0.980. The Morgan fingerprint density at radius 1 is 1.83 bits per heavy atom. The zero-order valence-electron chi connectivity index (χ0n) is 6.41. The number of amides is 1.